The van der Waals surface area contributed by atoms with Crippen LogP contribution in [0.4, 0.5) is 0 Å². The van der Waals surface area contributed by atoms with Crippen molar-refractivity contribution in [1.82, 2.24) is 15.3 Å². The summed E-state index contributed by atoms with van der Waals surface area (Å²) in [5.74, 6) is 0.955. The average Bonchev–Trinajstić information content (AvgIpc) is 3.20. The molecule has 2 atom stereocenters. The highest BCUT2D eigenvalue weighted by Gasteiger charge is 2.52. The highest BCUT2D eigenvalue weighted by Crippen LogP contribution is 2.53. The van der Waals surface area contributed by atoms with Gasteiger partial charge < -0.3 is 5.32 Å². The van der Waals surface area contributed by atoms with Gasteiger partial charge in [0.25, 0.3) is 0 Å². The van der Waals surface area contributed by atoms with Crippen molar-refractivity contribution >= 4 is 5.78 Å². The van der Waals surface area contributed by atoms with Crippen molar-refractivity contribution in [1.29, 1.82) is 0 Å². The molecule has 0 fully saturated rings. The number of azo groups is 1. The van der Waals surface area contributed by atoms with E-state index in [-0.39, 0.29) is 17.4 Å². The maximum absolute atomic E-state index is 13.6. The number of rotatable bonds is 3. The number of aryl methyl sites for hydroxylation is 1. The molecule has 3 aliphatic rings. The van der Waals surface area contributed by atoms with Gasteiger partial charge in [0.2, 0.25) is 0 Å². The molecule has 0 amide bonds. The second-order valence-corrected chi connectivity index (χ2v) is 9.49. The lowest BCUT2D eigenvalue weighted by atomic mass is 9.58. The van der Waals surface area contributed by atoms with Gasteiger partial charge in [0.15, 0.2) is 11.9 Å². The fourth-order valence-electron chi connectivity index (χ4n) is 5.45. The second kappa shape index (κ2) is 6.94. The van der Waals surface area contributed by atoms with Gasteiger partial charge in [0.05, 0.1) is 17.3 Å². The summed E-state index contributed by atoms with van der Waals surface area (Å²) < 4.78 is 0. The van der Waals surface area contributed by atoms with Crippen LogP contribution in [0.5, 0.6) is 0 Å². The minimum absolute atomic E-state index is 0.0697. The summed E-state index contributed by atoms with van der Waals surface area (Å²) in [5, 5.41) is 12.2. The predicted octanol–water partition coefficient (Wildman–Crippen LogP) is 5.02. The quantitative estimate of drug-likeness (QED) is 0.766. The molecule has 2 aromatic rings. The van der Waals surface area contributed by atoms with Gasteiger partial charge in [-0.1, -0.05) is 39.0 Å². The largest absolute Gasteiger partial charge is 0.362 e. The molecule has 0 saturated heterocycles. The summed E-state index contributed by atoms with van der Waals surface area (Å²) in [4.78, 5) is 22.4. The third kappa shape index (κ3) is 3.04. The number of nitrogens with zero attached hydrogens (tertiary/aromatic N) is 4. The van der Waals surface area contributed by atoms with Gasteiger partial charge >= 0.3 is 0 Å². The van der Waals surface area contributed by atoms with Crippen LogP contribution in [-0.2, 0) is 10.2 Å². The fourth-order valence-corrected chi connectivity index (χ4v) is 5.45. The lowest BCUT2D eigenvalue weighted by Crippen LogP contribution is -2.51. The lowest BCUT2D eigenvalue weighted by molar-refractivity contribution is -0.119. The molecule has 0 saturated carbocycles. The fraction of sp³-hybridized carbons (Fsp3) is 0.400. The Morgan fingerprint density at radius 2 is 2.03 bits per heavy atom. The molecule has 0 spiro atoms. The number of nitrogens with one attached hydrogen (secondary N) is 1. The van der Waals surface area contributed by atoms with Crippen LogP contribution in [0.15, 0.2) is 69.8 Å². The Morgan fingerprint density at radius 3 is 2.81 bits per heavy atom. The number of ketones is 1. The van der Waals surface area contributed by atoms with E-state index in [9.17, 15) is 4.79 Å². The van der Waals surface area contributed by atoms with E-state index in [1.165, 1.54) is 0 Å². The highest BCUT2D eigenvalue weighted by molar-refractivity contribution is 6.01. The lowest BCUT2D eigenvalue weighted by Gasteiger charge is -2.47. The van der Waals surface area contributed by atoms with Crippen molar-refractivity contribution in [3.8, 4) is 11.3 Å². The maximum Gasteiger partial charge on any atom is 0.164 e. The van der Waals surface area contributed by atoms with Gasteiger partial charge in [-0.25, -0.2) is 9.97 Å². The highest BCUT2D eigenvalue weighted by atomic mass is 16.1. The Labute approximate surface area is 182 Å². The molecule has 2 aliphatic heterocycles. The molecule has 0 bridgehead atoms. The minimum Gasteiger partial charge on any atom is -0.362 e. The van der Waals surface area contributed by atoms with Gasteiger partial charge in [-0.15, -0.1) is 0 Å². The van der Waals surface area contributed by atoms with Crippen LogP contribution in [0, 0.1) is 12.3 Å². The first-order chi connectivity index (χ1) is 14.8. The van der Waals surface area contributed by atoms with E-state index >= 15 is 0 Å². The number of allylic oxidation sites excluding steroid dienone is 2. The predicted molar refractivity (Wildman–Crippen MR) is 119 cm³/mol. The average molecular weight is 414 g/mol. The Balaban J connectivity index is 1.73. The van der Waals surface area contributed by atoms with Gasteiger partial charge in [0.1, 0.15) is 5.82 Å². The maximum atomic E-state index is 13.6. The summed E-state index contributed by atoms with van der Waals surface area (Å²) in [6.07, 6.45) is 5.56. The van der Waals surface area contributed by atoms with E-state index < -0.39 is 5.41 Å². The molecule has 1 aliphatic carbocycles. The molecule has 6 nitrogen and oxygen atoms in total. The third-order valence-corrected chi connectivity index (χ3v) is 6.74. The molecule has 5 rings (SSSR count). The molecule has 1 aromatic heterocycles. The van der Waals surface area contributed by atoms with Crippen LogP contribution < -0.4 is 5.32 Å². The summed E-state index contributed by atoms with van der Waals surface area (Å²) in [6, 6.07) is 10.3. The van der Waals surface area contributed by atoms with Crippen molar-refractivity contribution in [2.24, 2.45) is 15.6 Å². The van der Waals surface area contributed by atoms with Crippen LogP contribution in [-0.4, -0.2) is 21.9 Å². The second-order valence-electron chi connectivity index (χ2n) is 9.49. The third-order valence-electron chi connectivity index (χ3n) is 6.74. The SMILES string of the molecule is CCC1(c2cccc(-c3ccnc(C)n3)c2)C2=CN=NC2NC2=C1C(=O)CC(C)(C)C2. The number of aromatic nitrogens is 2. The van der Waals surface area contributed by atoms with Gasteiger partial charge in [-0.3, -0.25) is 4.79 Å². The van der Waals surface area contributed by atoms with Crippen LogP contribution in [0.2, 0.25) is 0 Å². The monoisotopic (exact) mass is 413 g/mol. The number of Topliss-reactive ketones (excluding diaryl/α,β-unsaturated/α-hetero) is 1. The summed E-state index contributed by atoms with van der Waals surface area (Å²) in [6.45, 7) is 8.36. The Kier molecular flexibility index (Phi) is 4.43. The number of hydrogen-bond donors (Lipinski definition) is 1. The molecule has 0 radical (unpaired) electrons. The summed E-state index contributed by atoms with van der Waals surface area (Å²) >= 11 is 0. The normalized spacial score (nSPS) is 26.3. The Morgan fingerprint density at radius 1 is 1.19 bits per heavy atom. The molecular formula is C25H27N5O. The van der Waals surface area contributed by atoms with Crippen molar-refractivity contribution in [3.63, 3.8) is 0 Å². The molecule has 6 heteroatoms. The molecule has 2 unspecified atom stereocenters. The van der Waals surface area contributed by atoms with Gasteiger partial charge in [-0.05, 0) is 42.9 Å². The van der Waals surface area contributed by atoms with Gasteiger partial charge in [-0.2, -0.15) is 10.2 Å². The smallest absolute Gasteiger partial charge is 0.164 e. The van der Waals surface area contributed by atoms with E-state index in [1.54, 1.807) is 6.20 Å². The van der Waals surface area contributed by atoms with Crippen LogP contribution in [0.3, 0.4) is 0 Å². The number of benzene rings is 1. The van der Waals surface area contributed by atoms with E-state index in [0.29, 0.717) is 6.42 Å². The Hall–Kier alpha value is -3.15. The first-order valence-corrected chi connectivity index (χ1v) is 10.9. The molecule has 158 valence electrons. The van der Waals surface area contributed by atoms with E-state index in [4.69, 9.17) is 0 Å². The molecule has 1 N–H and O–H groups in total. The van der Waals surface area contributed by atoms with Crippen molar-refractivity contribution < 1.29 is 4.79 Å². The topological polar surface area (TPSA) is 79.6 Å². The zero-order valence-corrected chi connectivity index (χ0v) is 18.4. The minimum atomic E-state index is -0.541. The van der Waals surface area contributed by atoms with Crippen LogP contribution in [0.1, 0.15) is 51.4 Å². The number of fused-ring (bicyclic) bond motifs is 1. The Bertz CT molecular complexity index is 1180. The summed E-state index contributed by atoms with van der Waals surface area (Å²) in [5.41, 5.74) is 5.34. The van der Waals surface area contributed by atoms with Crippen molar-refractivity contribution in [2.45, 2.75) is 58.5 Å². The van der Waals surface area contributed by atoms with E-state index in [0.717, 1.165) is 52.3 Å². The first kappa shape index (κ1) is 19.8. The first-order valence-electron chi connectivity index (χ1n) is 10.9. The number of carbonyl (C=O) groups is 1. The van der Waals surface area contributed by atoms with Crippen LogP contribution >= 0.6 is 0 Å². The zero-order chi connectivity index (χ0) is 21.8. The molecule has 1 aromatic carbocycles. The van der Waals surface area contributed by atoms with E-state index in [1.807, 2.05) is 19.2 Å². The number of hydrogen-bond acceptors (Lipinski definition) is 6. The zero-order valence-electron chi connectivity index (χ0n) is 18.4. The van der Waals surface area contributed by atoms with E-state index in [2.05, 4.69) is 70.5 Å². The molecule has 3 heterocycles. The molecular weight excluding hydrogens is 386 g/mol. The number of carbonyl (C=O) groups excluding carboxylic acids is 1. The molecule has 31 heavy (non-hydrogen) atoms. The summed E-state index contributed by atoms with van der Waals surface area (Å²) in [7, 11) is 0. The van der Waals surface area contributed by atoms with Crippen LogP contribution in [0.25, 0.3) is 11.3 Å². The van der Waals surface area contributed by atoms with Gasteiger partial charge in [0, 0.05) is 35.0 Å². The van der Waals surface area contributed by atoms with Crippen molar-refractivity contribution in [2.75, 3.05) is 0 Å². The van der Waals surface area contributed by atoms with Crippen molar-refractivity contribution in [3.05, 3.63) is 71.0 Å². The standard InChI is InChI=1S/C25H27N5O/c1-5-25(17-8-6-7-16(11-17)19-9-10-26-15(2)28-19)18-14-27-30-23(18)29-20-12-24(3,4)13-21(31)22(20)25/h6-11,14,23,29H,5,12-13H2,1-4H3.